The molecule has 0 unspecified atom stereocenters. The lowest BCUT2D eigenvalue weighted by molar-refractivity contribution is 0.570. The van der Waals surface area contributed by atoms with Crippen molar-refractivity contribution in [2.24, 2.45) is 7.05 Å². The molecule has 24 heavy (non-hydrogen) atoms. The van der Waals surface area contributed by atoms with E-state index in [-0.39, 0.29) is 17.9 Å². The Labute approximate surface area is 135 Å². The van der Waals surface area contributed by atoms with Crippen LogP contribution in [0.4, 0.5) is 4.39 Å². The Hall–Kier alpha value is -3.29. The summed E-state index contributed by atoms with van der Waals surface area (Å²) in [5, 5.41) is 4.48. The van der Waals surface area contributed by atoms with Crippen LogP contribution in [0.2, 0.25) is 0 Å². The molecule has 0 saturated carbocycles. The first-order valence-corrected chi connectivity index (χ1v) is 7.19. The number of hydrogen-bond acceptors (Lipinski definition) is 5. The molecule has 0 aliphatic carbocycles. The van der Waals surface area contributed by atoms with E-state index in [1.807, 2.05) is 0 Å². The number of oxazole rings is 1. The van der Waals surface area contributed by atoms with E-state index in [2.05, 4.69) is 15.1 Å². The van der Waals surface area contributed by atoms with Crippen LogP contribution in [0.5, 0.6) is 0 Å². The zero-order valence-electron chi connectivity index (χ0n) is 12.7. The van der Waals surface area contributed by atoms with Gasteiger partial charge >= 0.3 is 0 Å². The van der Waals surface area contributed by atoms with Crippen LogP contribution in [-0.4, -0.2) is 24.3 Å². The van der Waals surface area contributed by atoms with E-state index in [0.717, 1.165) is 0 Å². The Morgan fingerprint density at radius 1 is 1.25 bits per heavy atom. The van der Waals surface area contributed by atoms with E-state index in [1.54, 1.807) is 23.9 Å². The molecule has 0 atom stereocenters. The Morgan fingerprint density at radius 3 is 2.83 bits per heavy atom. The molecule has 1 aromatic carbocycles. The number of aryl methyl sites for hydroxylation is 1. The average molecular weight is 325 g/mol. The Morgan fingerprint density at radius 2 is 2.04 bits per heavy atom. The summed E-state index contributed by atoms with van der Waals surface area (Å²) >= 11 is 0. The standard InChI is InChI=1S/C16H12FN5O2/c1-21-14-13(6-19-21)16(23)22(9-18-14)7-12-8-24-15(20-12)10-2-4-11(17)5-3-10/h2-6,8-9H,7H2,1H3. The van der Waals surface area contributed by atoms with Gasteiger partial charge in [0.15, 0.2) is 5.65 Å². The molecule has 0 N–H and O–H groups in total. The lowest BCUT2D eigenvalue weighted by Crippen LogP contribution is -2.21. The van der Waals surface area contributed by atoms with E-state index in [1.165, 1.54) is 35.5 Å². The molecule has 0 aliphatic rings. The number of aromatic nitrogens is 5. The van der Waals surface area contributed by atoms with Crippen molar-refractivity contribution in [2.45, 2.75) is 6.54 Å². The molecule has 3 heterocycles. The lowest BCUT2D eigenvalue weighted by atomic mass is 10.2. The van der Waals surface area contributed by atoms with Crippen LogP contribution in [0.3, 0.4) is 0 Å². The molecule has 0 spiro atoms. The number of benzene rings is 1. The fourth-order valence-corrected chi connectivity index (χ4v) is 2.46. The maximum atomic E-state index is 13.0. The molecule has 7 nitrogen and oxygen atoms in total. The summed E-state index contributed by atoms with van der Waals surface area (Å²) in [6.45, 7) is 0.224. The third-order valence-corrected chi connectivity index (χ3v) is 3.69. The van der Waals surface area contributed by atoms with Gasteiger partial charge in [-0.15, -0.1) is 0 Å². The molecule has 0 radical (unpaired) electrons. The number of hydrogen-bond donors (Lipinski definition) is 0. The van der Waals surface area contributed by atoms with E-state index >= 15 is 0 Å². The smallest absolute Gasteiger partial charge is 0.264 e. The highest BCUT2D eigenvalue weighted by molar-refractivity contribution is 5.72. The first kappa shape index (κ1) is 14.3. The number of halogens is 1. The number of fused-ring (bicyclic) bond motifs is 1. The van der Waals surface area contributed by atoms with Crippen molar-refractivity contribution in [3.05, 3.63) is 64.9 Å². The van der Waals surface area contributed by atoms with Crippen molar-refractivity contribution in [1.29, 1.82) is 0 Å². The normalized spacial score (nSPS) is 11.2. The Kier molecular flexibility index (Phi) is 3.23. The third-order valence-electron chi connectivity index (χ3n) is 3.69. The molecule has 0 bridgehead atoms. The third kappa shape index (κ3) is 2.37. The van der Waals surface area contributed by atoms with Gasteiger partial charge in [0.25, 0.3) is 5.56 Å². The van der Waals surface area contributed by atoms with Crippen LogP contribution in [0, 0.1) is 5.82 Å². The molecular weight excluding hydrogens is 313 g/mol. The van der Waals surface area contributed by atoms with Gasteiger partial charge in [-0.2, -0.15) is 5.10 Å². The summed E-state index contributed by atoms with van der Waals surface area (Å²) in [6.07, 6.45) is 4.42. The summed E-state index contributed by atoms with van der Waals surface area (Å²) in [5.74, 6) is 0.0430. The molecule has 0 aliphatic heterocycles. The number of rotatable bonds is 3. The predicted molar refractivity (Wildman–Crippen MR) is 83.8 cm³/mol. The highest BCUT2D eigenvalue weighted by Crippen LogP contribution is 2.19. The fourth-order valence-electron chi connectivity index (χ4n) is 2.46. The second-order valence-electron chi connectivity index (χ2n) is 5.33. The minimum Gasteiger partial charge on any atom is -0.444 e. The molecule has 0 fully saturated rings. The summed E-state index contributed by atoms with van der Waals surface area (Å²) in [5.41, 5.74) is 1.57. The zero-order valence-corrected chi connectivity index (χ0v) is 12.7. The van der Waals surface area contributed by atoms with Gasteiger partial charge in [-0.3, -0.25) is 14.0 Å². The predicted octanol–water partition coefficient (Wildman–Crippen LogP) is 1.97. The van der Waals surface area contributed by atoms with Gasteiger partial charge < -0.3 is 4.42 Å². The molecular formula is C16H12FN5O2. The largest absolute Gasteiger partial charge is 0.444 e. The summed E-state index contributed by atoms with van der Waals surface area (Å²) in [6, 6.07) is 5.84. The lowest BCUT2D eigenvalue weighted by Gasteiger charge is -2.02. The SMILES string of the molecule is Cn1ncc2c(=O)n(Cc3coc(-c4ccc(F)cc4)n3)cnc21. The minimum atomic E-state index is -0.326. The second-order valence-corrected chi connectivity index (χ2v) is 5.33. The van der Waals surface area contributed by atoms with E-state index in [4.69, 9.17) is 4.42 Å². The maximum Gasteiger partial charge on any atom is 0.264 e. The Balaban J connectivity index is 1.65. The van der Waals surface area contributed by atoms with Gasteiger partial charge in [0.1, 0.15) is 23.8 Å². The fraction of sp³-hybridized carbons (Fsp3) is 0.125. The summed E-state index contributed by atoms with van der Waals surface area (Å²) < 4.78 is 21.4. The van der Waals surface area contributed by atoms with Crippen molar-refractivity contribution in [1.82, 2.24) is 24.3 Å². The Bertz CT molecular complexity index is 1080. The van der Waals surface area contributed by atoms with Crippen LogP contribution < -0.4 is 5.56 Å². The molecule has 120 valence electrons. The highest BCUT2D eigenvalue weighted by atomic mass is 19.1. The van der Waals surface area contributed by atoms with Crippen molar-refractivity contribution in [2.75, 3.05) is 0 Å². The molecule has 8 heteroatoms. The molecule has 4 aromatic rings. The van der Waals surface area contributed by atoms with E-state index in [9.17, 15) is 9.18 Å². The van der Waals surface area contributed by atoms with Crippen molar-refractivity contribution in [3.8, 4) is 11.5 Å². The molecule has 4 rings (SSSR count). The summed E-state index contributed by atoms with van der Waals surface area (Å²) in [4.78, 5) is 21.0. The van der Waals surface area contributed by atoms with Crippen molar-refractivity contribution < 1.29 is 8.81 Å². The second kappa shape index (κ2) is 5.41. The van der Waals surface area contributed by atoms with Crippen LogP contribution in [0.1, 0.15) is 5.69 Å². The van der Waals surface area contributed by atoms with Gasteiger partial charge in [0, 0.05) is 12.6 Å². The summed E-state index contributed by atoms with van der Waals surface area (Å²) in [7, 11) is 1.73. The van der Waals surface area contributed by atoms with E-state index < -0.39 is 0 Å². The van der Waals surface area contributed by atoms with Crippen molar-refractivity contribution >= 4 is 11.0 Å². The first-order valence-electron chi connectivity index (χ1n) is 7.19. The monoisotopic (exact) mass is 325 g/mol. The van der Waals surface area contributed by atoms with Gasteiger partial charge in [-0.05, 0) is 24.3 Å². The topological polar surface area (TPSA) is 78.7 Å². The molecule has 0 amide bonds. The minimum absolute atomic E-state index is 0.195. The van der Waals surface area contributed by atoms with Crippen LogP contribution in [0.15, 0.2) is 52.3 Å². The first-order chi connectivity index (χ1) is 11.6. The van der Waals surface area contributed by atoms with Crippen LogP contribution in [-0.2, 0) is 13.6 Å². The van der Waals surface area contributed by atoms with Crippen LogP contribution >= 0.6 is 0 Å². The van der Waals surface area contributed by atoms with E-state index in [0.29, 0.717) is 28.2 Å². The zero-order chi connectivity index (χ0) is 16.7. The maximum absolute atomic E-state index is 13.0. The average Bonchev–Trinajstić information content (AvgIpc) is 3.19. The van der Waals surface area contributed by atoms with Gasteiger partial charge in [0.05, 0.1) is 18.4 Å². The van der Waals surface area contributed by atoms with Gasteiger partial charge in [-0.1, -0.05) is 0 Å². The van der Waals surface area contributed by atoms with Crippen molar-refractivity contribution in [3.63, 3.8) is 0 Å². The quantitative estimate of drug-likeness (QED) is 0.575. The van der Waals surface area contributed by atoms with Gasteiger partial charge in [-0.25, -0.2) is 14.4 Å². The van der Waals surface area contributed by atoms with Crippen LogP contribution in [0.25, 0.3) is 22.5 Å². The number of nitrogens with zero attached hydrogens (tertiary/aromatic N) is 5. The van der Waals surface area contributed by atoms with Gasteiger partial charge in [0.2, 0.25) is 5.89 Å². The molecule has 0 saturated heterocycles. The molecule has 3 aromatic heterocycles. The highest BCUT2D eigenvalue weighted by Gasteiger charge is 2.11.